The zero-order valence-electron chi connectivity index (χ0n) is 21.0. The number of nitrogens with two attached hydrogens (primary N) is 1. The van der Waals surface area contributed by atoms with Gasteiger partial charge >= 0.3 is 5.97 Å². The summed E-state index contributed by atoms with van der Waals surface area (Å²) in [7, 11) is 0. The highest BCUT2D eigenvalue weighted by molar-refractivity contribution is 5.92. The van der Waals surface area contributed by atoms with Crippen molar-refractivity contribution in [3.8, 4) is 11.5 Å². The number of hydrogen-bond donors (Lipinski definition) is 7. The Morgan fingerprint density at radius 3 is 1.92 bits per heavy atom. The summed E-state index contributed by atoms with van der Waals surface area (Å²) in [5, 5.41) is 35.0. The number of aromatic amines is 1. The minimum absolute atomic E-state index is 0.0331. The molecule has 202 valence electrons. The highest BCUT2D eigenvalue weighted by Gasteiger charge is 2.29. The van der Waals surface area contributed by atoms with Crippen LogP contribution in [-0.4, -0.2) is 56.2 Å². The van der Waals surface area contributed by atoms with Crippen molar-refractivity contribution in [2.24, 2.45) is 5.73 Å². The van der Waals surface area contributed by atoms with E-state index in [-0.39, 0.29) is 30.8 Å². The Kier molecular flexibility index (Phi) is 8.47. The number of phenolic OH excluding ortho intramolecular Hbond substituents is 2. The second kappa shape index (κ2) is 12.1. The van der Waals surface area contributed by atoms with E-state index in [1.54, 1.807) is 30.5 Å². The normalized spacial score (nSPS) is 13.4. The number of carbonyl (C=O) groups excluding carboxylic acids is 2. The molecule has 0 bridgehead atoms. The summed E-state index contributed by atoms with van der Waals surface area (Å²) < 4.78 is 0. The molecule has 2 amide bonds. The first-order valence-electron chi connectivity index (χ1n) is 12.4. The smallest absolute Gasteiger partial charge is 0.326 e. The van der Waals surface area contributed by atoms with Crippen LogP contribution in [0.3, 0.4) is 0 Å². The first-order valence-corrected chi connectivity index (χ1v) is 12.4. The van der Waals surface area contributed by atoms with E-state index in [0.29, 0.717) is 5.56 Å². The molecule has 0 saturated heterocycles. The second-order valence-electron chi connectivity index (χ2n) is 9.37. The molecule has 3 aromatic carbocycles. The lowest BCUT2D eigenvalue weighted by atomic mass is 10.0. The number of aromatic hydroxyl groups is 2. The van der Waals surface area contributed by atoms with Gasteiger partial charge in [-0.05, 0) is 53.4 Å². The maximum atomic E-state index is 13.4. The van der Waals surface area contributed by atoms with Gasteiger partial charge in [0.05, 0.1) is 6.04 Å². The Morgan fingerprint density at radius 1 is 0.744 bits per heavy atom. The summed E-state index contributed by atoms with van der Waals surface area (Å²) in [6.45, 7) is 0. The van der Waals surface area contributed by atoms with E-state index in [1.807, 2.05) is 24.3 Å². The van der Waals surface area contributed by atoms with Crippen molar-refractivity contribution < 1.29 is 29.7 Å². The third kappa shape index (κ3) is 7.14. The van der Waals surface area contributed by atoms with Gasteiger partial charge in [0, 0.05) is 29.9 Å². The molecule has 8 N–H and O–H groups in total. The van der Waals surface area contributed by atoms with Gasteiger partial charge in [-0.15, -0.1) is 0 Å². The SMILES string of the molecule is N[C@@H](Cc1ccc(O)cc1)C(=O)N[C@@H](Cc1ccc(O)cc1)C(=O)N[C@@H](Cc1c[nH]c2ccccc12)C(=O)O. The molecule has 0 aliphatic carbocycles. The van der Waals surface area contributed by atoms with Gasteiger partial charge < -0.3 is 36.7 Å². The molecule has 3 atom stereocenters. The lowest BCUT2D eigenvalue weighted by molar-refractivity contribution is -0.142. The molecule has 0 fully saturated rings. The van der Waals surface area contributed by atoms with Gasteiger partial charge in [0.1, 0.15) is 23.6 Å². The molecule has 0 saturated carbocycles. The number of aromatic nitrogens is 1. The van der Waals surface area contributed by atoms with Crippen molar-refractivity contribution >= 4 is 28.7 Å². The number of H-pyrrole nitrogens is 1. The molecular weight excluding hydrogens is 500 g/mol. The van der Waals surface area contributed by atoms with Gasteiger partial charge in [0.2, 0.25) is 11.8 Å². The lowest BCUT2D eigenvalue weighted by Gasteiger charge is -2.23. The number of fused-ring (bicyclic) bond motifs is 1. The first kappa shape index (κ1) is 27.2. The minimum atomic E-state index is -1.25. The Morgan fingerprint density at radius 2 is 1.31 bits per heavy atom. The van der Waals surface area contributed by atoms with Crippen molar-refractivity contribution in [1.29, 1.82) is 0 Å². The molecule has 1 heterocycles. The van der Waals surface area contributed by atoms with Crippen LogP contribution in [0.2, 0.25) is 0 Å². The van der Waals surface area contributed by atoms with Crippen LogP contribution in [0.1, 0.15) is 16.7 Å². The Labute approximate surface area is 224 Å². The Hall–Kier alpha value is -4.83. The van der Waals surface area contributed by atoms with E-state index >= 15 is 0 Å². The van der Waals surface area contributed by atoms with Gasteiger partial charge in [0.15, 0.2) is 0 Å². The second-order valence-corrected chi connectivity index (χ2v) is 9.37. The lowest BCUT2D eigenvalue weighted by Crippen LogP contribution is -2.55. The highest BCUT2D eigenvalue weighted by atomic mass is 16.4. The van der Waals surface area contributed by atoms with E-state index in [4.69, 9.17) is 5.73 Å². The number of hydrogen-bond acceptors (Lipinski definition) is 6. The molecule has 0 spiro atoms. The van der Waals surface area contributed by atoms with E-state index in [1.165, 1.54) is 24.3 Å². The molecule has 0 unspecified atom stereocenters. The van der Waals surface area contributed by atoms with Crippen LogP contribution in [0.25, 0.3) is 10.9 Å². The van der Waals surface area contributed by atoms with Gasteiger partial charge in [-0.3, -0.25) is 9.59 Å². The predicted octanol–water partition coefficient (Wildman–Crippen LogP) is 1.99. The maximum absolute atomic E-state index is 13.4. The molecule has 0 aliphatic rings. The van der Waals surface area contributed by atoms with Gasteiger partial charge in [-0.2, -0.15) is 0 Å². The highest BCUT2D eigenvalue weighted by Crippen LogP contribution is 2.19. The van der Waals surface area contributed by atoms with E-state index in [2.05, 4.69) is 15.6 Å². The fourth-order valence-electron chi connectivity index (χ4n) is 4.33. The van der Waals surface area contributed by atoms with E-state index < -0.39 is 35.9 Å². The zero-order valence-corrected chi connectivity index (χ0v) is 21.0. The summed E-state index contributed by atoms with van der Waals surface area (Å²) in [6, 6.07) is 16.5. The number of carboxylic acid groups (broad SMARTS) is 1. The summed E-state index contributed by atoms with van der Waals surface area (Å²) >= 11 is 0. The fourth-order valence-corrected chi connectivity index (χ4v) is 4.33. The molecule has 0 radical (unpaired) electrons. The average molecular weight is 531 g/mol. The zero-order chi connectivity index (χ0) is 27.9. The number of carboxylic acids is 1. The number of phenols is 2. The largest absolute Gasteiger partial charge is 0.508 e. The Bertz CT molecular complexity index is 1450. The fraction of sp³-hybridized carbons (Fsp3) is 0.207. The monoisotopic (exact) mass is 530 g/mol. The average Bonchev–Trinajstić information content (AvgIpc) is 3.33. The van der Waals surface area contributed by atoms with Crippen molar-refractivity contribution in [2.45, 2.75) is 37.4 Å². The number of amides is 2. The number of carbonyl (C=O) groups is 3. The molecule has 39 heavy (non-hydrogen) atoms. The van der Waals surface area contributed by atoms with Crippen LogP contribution < -0.4 is 16.4 Å². The van der Waals surface area contributed by atoms with Gasteiger partial charge in [-0.25, -0.2) is 4.79 Å². The van der Waals surface area contributed by atoms with Crippen LogP contribution in [0, 0.1) is 0 Å². The van der Waals surface area contributed by atoms with Crippen LogP contribution in [0.5, 0.6) is 11.5 Å². The van der Waals surface area contributed by atoms with Crippen molar-refractivity contribution in [3.63, 3.8) is 0 Å². The molecule has 4 aromatic rings. The molecule has 0 aliphatic heterocycles. The first-order chi connectivity index (χ1) is 18.7. The molecule has 10 heteroatoms. The summed E-state index contributed by atoms with van der Waals surface area (Å²) in [4.78, 5) is 41.5. The number of rotatable bonds is 11. The van der Waals surface area contributed by atoms with Crippen LogP contribution in [-0.2, 0) is 33.6 Å². The summed E-state index contributed by atoms with van der Waals surface area (Å²) in [6.07, 6.45) is 1.96. The molecule has 10 nitrogen and oxygen atoms in total. The van der Waals surface area contributed by atoms with Crippen LogP contribution >= 0.6 is 0 Å². The van der Waals surface area contributed by atoms with Gasteiger partial charge in [0.25, 0.3) is 0 Å². The topological polar surface area (TPSA) is 178 Å². The van der Waals surface area contributed by atoms with E-state index in [9.17, 15) is 29.7 Å². The number of para-hydroxylation sites is 1. The van der Waals surface area contributed by atoms with E-state index in [0.717, 1.165) is 22.0 Å². The summed E-state index contributed by atoms with van der Waals surface area (Å²) in [5.74, 6) is -2.36. The third-order valence-electron chi connectivity index (χ3n) is 6.45. The standard InChI is InChI=1S/C29H30N4O6/c30-23(13-17-5-9-20(34)10-6-17)27(36)32-25(14-18-7-11-21(35)12-8-18)28(37)33-26(29(38)39)15-19-16-31-24-4-2-1-3-22(19)24/h1-12,16,23,25-26,31,34-35H,13-15,30H2,(H,32,36)(H,33,37)(H,38,39)/t23-,25-,26-/m0/s1. The number of nitrogens with one attached hydrogen (secondary N) is 3. The van der Waals surface area contributed by atoms with Crippen LogP contribution in [0.4, 0.5) is 0 Å². The van der Waals surface area contributed by atoms with Crippen molar-refractivity contribution in [3.05, 3.63) is 95.7 Å². The summed E-state index contributed by atoms with van der Waals surface area (Å²) in [5.41, 5.74) is 9.05. The quantitative estimate of drug-likeness (QED) is 0.155. The maximum Gasteiger partial charge on any atom is 0.326 e. The van der Waals surface area contributed by atoms with Crippen molar-refractivity contribution in [1.82, 2.24) is 15.6 Å². The molecular formula is C29H30N4O6. The van der Waals surface area contributed by atoms with Crippen LogP contribution in [0.15, 0.2) is 79.0 Å². The van der Waals surface area contributed by atoms with Gasteiger partial charge in [-0.1, -0.05) is 42.5 Å². The molecule has 4 rings (SSSR count). The third-order valence-corrected chi connectivity index (χ3v) is 6.45. The number of aliphatic carboxylic acids is 1. The molecule has 1 aromatic heterocycles. The number of benzene rings is 3. The predicted molar refractivity (Wildman–Crippen MR) is 145 cm³/mol. The van der Waals surface area contributed by atoms with Crippen molar-refractivity contribution in [2.75, 3.05) is 0 Å². The Balaban J connectivity index is 1.50. The minimum Gasteiger partial charge on any atom is -0.508 e.